The van der Waals surface area contributed by atoms with Crippen LogP contribution in [0, 0.1) is 13.8 Å². The average Bonchev–Trinajstić information content (AvgIpc) is 2.30. The first-order valence-corrected chi connectivity index (χ1v) is 4.38. The van der Waals surface area contributed by atoms with Gasteiger partial charge in [0.2, 0.25) is 0 Å². The summed E-state index contributed by atoms with van der Waals surface area (Å²) < 4.78 is 35.9. The van der Waals surface area contributed by atoms with Gasteiger partial charge in [0, 0.05) is 0 Å². The summed E-state index contributed by atoms with van der Waals surface area (Å²) in [4.78, 5) is 10.6. The zero-order valence-corrected chi connectivity index (χ0v) is 7.84. The zero-order valence-electron chi connectivity index (χ0n) is 7.03. The van der Waals surface area contributed by atoms with E-state index in [1.165, 1.54) is 6.92 Å². The molecule has 1 heterocycles. The highest BCUT2D eigenvalue weighted by molar-refractivity contribution is 7.12. The number of thiophene rings is 1. The summed E-state index contributed by atoms with van der Waals surface area (Å²) in [6.07, 6.45) is -4.76. The number of rotatable bonds is 1. The Morgan fingerprint density at radius 1 is 1.38 bits per heavy atom. The summed E-state index contributed by atoms with van der Waals surface area (Å²) in [6, 6.07) is 0. The molecule has 5 heteroatoms. The predicted octanol–water partition coefficient (Wildman–Crippen LogP) is 3.11. The highest BCUT2D eigenvalue weighted by Crippen LogP contribution is 2.28. The molecule has 0 aliphatic heterocycles. The van der Waals surface area contributed by atoms with Crippen molar-refractivity contribution in [3.8, 4) is 0 Å². The number of carbonyl (C=O) groups excluding carboxylic acids is 1. The molecule has 0 unspecified atom stereocenters. The molecule has 0 aromatic carbocycles. The number of alkyl halides is 3. The van der Waals surface area contributed by atoms with E-state index in [2.05, 4.69) is 0 Å². The molecule has 13 heavy (non-hydrogen) atoms. The minimum absolute atomic E-state index is 0.204. The molecule has 0 fully saturated rings. The molecule has 0 saturated carbocycles. The Bertz CT molecular complexity index is 338. The van der Waals surface area contributed by atoms with E-state index in [0.717, 1.165) is 16.9 Å². The molecule has 1 nitrogen and oxygen atoms in total. The Hall–Kier alpha value is -0.840. The first-order chi connectivity index (χ1) is 5.84. The largest absolute Gasteiger partial charge is 0.455 e. The van der Waals surface area contributed by atoms with E-state index in [1.54, 1.807) is 12.3 Å². The van der Waals surface area contributed by atoms with Gasteiger partial charge in [0.25, 0.3) is 5.78 Å². The van der Waals surface area contributed by atoms with E-state index in [4.69, 9.17) is 0 Å². The van der Waals surface area contributed by atoms with Crippen molar-refractivity contribution in [2.24, 2.45) is 0 Å². The molecular weight excluding hydrogens is 201 g/mol. The Labute approximate surface area is 77.2 Å². The van der Waals surface area contributed by atoms with Crippen LogP contribution in [0.3, 0.4) is 0 Å². The van der Waals surface area contributed by atoms with Gasteiger partial charge in [-0.25, -0.2) is 0 Å². The van der Waals surface area contributed by atoms with Crippen LogP contribution in [-0.2, 0) is 0 Å². The molecule has 1 aromatic heterocycles. The lowest BCUT2D eigenvalue weighted by molar-refractivity contribution is -0.0882. The van der Waals surface area contributed by atoms with Gasteiger partial charge < -0.3 is 0 Å². The highest BCUT2D eigenvalue weighted by Gasteiger charge is 2.40. The predicted molar refractivity (Wildman–Crippen MR) is 44.2 cm³/mol. The average molecular weight is 208 g/mol. The molecule has 72 valence electrons. The third kappa shape index (κ3) is 1.91. The number of Topliss-reactive ketones (excluding diaryl/α,β-unsaturated/α-hetero) is 1. The van der Waals surface area contributed by atoms with Gasteiger partial charge in [-0.1, -0.05) is 0 Å². The minimum atomic E-state index is -4.76. The van der Waals surface area contributed by atoms with Crippen molar-refractivity contribution in [2.45, 2.75) is 20.0 Å². The van der Waals surface area contributed by atoms with Crippen molar-refractivity contribution in [3.63, 3.8) is 0 Å². The van der Waals surface area contributed by atoms with E-state index in [0.29, 0.717) is 5.56 Å². The van der Waals surface area contributed by atoms with Gasteiger partial charge in [0.1, 0.15) is 0 Å². The molecule has 1 rings (SSSR count). The molecule has 1 aromatic rings. The van der Waals surface area contributed by atoms with Crippen LogP contribution in [0.1, 0.15) is 20.8 Å². The van der Waals surface area contributed by atoms with Crippen LogP contribution in [0.4, 0.5) is 13.2 Å². The number of ketones is 1. The Balaban J connectivity index is 3.10. The van der Waals surface area contributed by atoms with Gasteiger partial charge in [-0.15, -0.1) is 11.3 Å². The van der Waals surface area contributed by atoms with E-state index < -0.39 is 12.0 Å². The van der Waals surface area contributed by atoms with E-state index in [-0.39, 0.29) is 4.88 Å². The van der Waals surface area contributed by atoms with Crippen molar-refractivity contribution in [1.82, 2.24) is 0 Å². The molecule has 0 bridgehead atoms. The van der Waals surface area contributed by atoms with Crippen molar-refractivity contribution in [3.05, 3.63) is 21.4 Å². The lowest BCUT2D eigenvalue weighted by atomic mass is 10.1. The van der Waals surface area contributed by atoms with E-state index in [9.17, 15) is 18.0 Å². The first-order valence-electron chi connectivity index (χ1n) is 3.50. The quantitative estimate of drug-likeness (QED) is 0.648. The van der Waals surface area contributed by atoms with E-state index >= 15 is 0 Å². The summed E-state index contributed by atoms with van der Waals surface area (Å²) in [5.74, 6) is -1.75. The van der Waals surface area contributed by atoms with Crippen LogP contribution in [0.25, 0.3) is 0 Å². The molecule has 0 saturated heterocycles. The number of halogens is 3. The number of carbonyl (C=O) groups is 1. The van der Waals surface area contributed by atoms with Crippen molar-refractivity contribution >= 4 is 17.1 Å². The fraction of sp³-hybridized carbons (Fsp3) is 0.375. The SMILES string of the molecule is Cc1csc(C(=O)C(F)(F)F)c1C. The number of aryl methyl sites for hydroxylation is 1. The second-order valence-electron chi connectivity index (χ2n) is 2.70. The van der Waals surface area contributed by atoms with Gasteiger partial charge in [-0.2, -0.15) is 13.2 Å². The highest BCUT2D eigenvalue weighted by atomic mass is 32.1. The lowest BCUT2D eigenvalue weighted by Gasteiger charge is -2.03. The molecule has 0 atom stereocenters. The Morgan fingerprint density at radius 3 is 2.23 bits per heavy atom. The minimum Gasteiger partial charge on any atom is -0.283 e. The van der Waals surface area contributed by atoms with Crippen LogP contribution < -0.4 is 0 Å². The molecule has 0 amide bonds. The second-order valence-corrected chi connectivity index (χ2v) is 3.58. The molecule has 0 spiro atoms. The van der Waals surface area contributed by atoms with Crippen LogP contribution in [0.15, 0.2) is 5.38 Å². The summed E-state index contributed by atoms with van der Waals surface area (Å²) in [7, 11) is 0. The van der Waals surface area contributed by atoms with Crippen LogP contribution in [0.2, 0.25) is 0 Å². The van der Waals surface area contributed by atoms with Crippen LogP contribution in [0.5, 0.6) is 0 Å². The Kier molecular flexibility index (Phi) is 2.47. The van der Waals surface area contributed by atoms with Gasteiger partial charge in [0.15, 0.2) is 0 Å². The fourth-order valence-corrected chi connectivity index (χ4v) is 1.89. The summed E-state index contributed by atoms with van der Waals surface area (Å²) in [5.41, 5.74) is 1.14. The van der Waals surface area contributed by atoms with E-state index in [1.807, 2.05) is 0 Å². The molecule has 0 aliphatic carbocycles. The third-order valence-corrected chi connectivity index (χ3v) is 2.95. The topological polar surface area (TPSA) is 17.1 Å². The number of hydrogen-bond donors (Lipinski definition) is 0. The maximum Gasteiger partial charge on any atom is 0.455 e. The second kappa shape index (κ2) is 3.14. The summed E-state index contributed by atoms with van der Waals surface area (Å²) >= 11 is 0.842. The summed E-state index contributed by atoms with van der Waals surface area (Å²) in [6.45, 7) is 3.20. The summed E-state index contributed by atoms with van der Waals surface area (Å²) in [5, 5.41) is 1.55. The molecule has 0 aliphatic rings. The van der Waals surface area contributed by atoms with Gasteiger partial charge in [0.05, 0.1) is 4.88 Å². The van der Waals surface area contributed by atoms with Gasteiger partial charge in [-0.3, -0.25) is 4.79 Å². The molecule has 0 N–H and O–H groups in total. The maximum atomic E-state index is 12.0. The normalized spacial score (nSPS) is 11.8. The smallest absolute Gasteiger partial charge is 0.283 e. The Morgan fingerprint density at radius 2 is 1.92 bits per heavy atom. The standard InChI is InChI=1S/C8H7F3OS/c1-4-3-13-6(5(4)2)7(12)8(9,10)11/h3H,1-2H3. The number of hydrogen-bond acceptors (Lipinski definition) is 2. The van der Waals surface area contributed by atoms with Crippen LogP contribution in [-0.4, -0.2) is 12.0 Å². The van der Waals surface area contributed by atoms with Crippen molar-refractivity contribution in [1.29, 1.82) is 0 Å². The van der Waals surface area contributed by atoms with Crippen molar-refractivity contribution < 1.29 is 18.0 Å². The first kappa shape index (κ1) is 10.2. The molecule has 0 radical (unpaired) electrons. The lowest BCUT2D eigenvalue weighted by Crippen LogP contribution is -2.22. The molecular formula is C8H7F3OS. The van der Waals surface area contributed by atoms with Gasteiger partial charge in [-0.05, 0) is 30.4 Å². The van der Waals surface area contributed by atoms with Gasteiger partial charge >= 0.3 is 6.18 Å². The van der Waals surface area contributed by atoms with Crippen LogP contribution >= 0.6 is 11.3 Å². The third-order valence-electron chi connectivity index (χ3n) is 1.75. The zero-order chi connectivity index (χ0) is 10.2. The monoisotopic (exact) mass is 208 g/mol. The fourth-order valence-electron chi connectivity index (χ4n) is 0.856. The van der Waals surface area contributed by atoms with Crippen molar-refractivity contribution in [2.75, 3.05) is 0 Å². The maximum absolute atomic E-state index is 12.0.